The largest absolute Gasteiger partial charge is 0.367 e. The minimum absolute atomic E-state index is 0.618. The summed E-state index contributed by atoms with van der Waals surface area (Å²) in [5, 5.41) is 3.63. The second-order valence-electron chi connectivity index (χ2n) is 7.41. The van der Waals surface area contributed by atoms with Crippen LogP contribution in [0.5, 0.6) is 0 Å². The van der Waals surface area contributed by atoms with Crippen LogP contribution in [-0.4, -0.2) is 29.1 Å². The molecular weight excluding hydrogens is 272 g/mol. The highest BCUT2D eigenvalue weighted by molar-refractivity contribution is 5.60. The maximum atomic E-state index is 4.97. The second kappa shape index (κ2) is 5.71. The SMILES string of the molecule is CCC1CCN(c2nc(C3CC3)nc(NC3CC3)c2C)CC1. The lowest BCUT2D eigenvalue weighted by molar-refractivity contribution is 0.393. The molecule has 0 spiro atoms. The molecule has 0 aromatic carbocycles. The zero-order valence-electron chi connectivity index (χ0n) is 13.9. The molecule has 1 aliphatic heterocycles. The van der Waals surface area contributed by atoms with Crippen molar-refractivity contribution in [2.45, 2.75) is 70.8 Å². The number of rotatable bonds is 5. The lowest BCUT2D eigenvalue weighted by Gasteiger charge is -2.33. The van der Waals surface area contributed by atoms with Gasteiger partial charge < -0.3 is 10.2 Å². The molecule has 1 aromatic rings. The van der Waals surface area contributed by atoms with Crippen molar-refractivity contribution in [3.63, 3.8) is 0 Å². The van der Waals surface area contributed by atoms with Crippen LogP contribution in [0.1, 0.15) is 69.2 Å². The van der Waals surface area contributed by atoms with Gasteiger partial charge in [-0.1, -0.05) is 13.3 Å². The van der Waals surface area contributed by atoms with Gasteiger partial charge in [-0.15, -0.1) is 0 Å². The van der Waals surface area contributed by atoms with E-state index in [1.807, 2.05) is 0 Å². The Balaban J connectivity index is 1.60. The van der Waals surface area contributed by atoms with E-state index >= 15 is 0 Å². The molecule has 1 aromatic heterocycles. The highest BCUT2D eigenvalue weighted by atomic mass is 15.2. The summed E-state index contributed by atoms with van der Waals surface area (Å²) < 4.78 is 0. The molecule has 3 fully saturated rings. The van der Waals surface area contributed by atoms with Crippen molar-refractivity contribution >= 4 is 11.6 Å². The van der Waals surface area contributed by atoms with Gasteiger partial charge in [0, 0.05) is 30.6 Å². The predicted molar refractivity (Wildman–Crippen MR) is 90.6 cm³/mol. The average Bonchev–Trinajstić information content (AvgIpc) is 3.43. The third-order valence-electron chi connectivity index (χ3n) is 5.49. The monoisotopic (exact) mass is 300 g/mol. The lowest BCUT2D eigenvalue weighted by atomic mass is 9.94. The van der Waals surface area contributed by atoms with E-state index in [1.165, 1.54) is 56.3 Å². The van der Waals surface area contributed by atoms with Gasteiger partial charge in [0.1, 0.15) is 17.5 Å². The standard InChI is InChI=1S/C18H28N4/c1-3-13-8-10-22(11-9-13)18-12(2)16(19-15-6-7-15)20-17(21-18)14-4-5-14/h13-15H,3-11H2,1-2H3,(H,19,20,21). The highest BCUT2D eigenvalue weighted by Crippen LogP contribution is 2.41. The number of hydrogen-bond acceptors (Lipinski definition) is 4. The Hall–Kier alpha value is -1.32. The maximum absolute atomic E-state index is 4.97. The molecule has 4 heteroatoms. The van der Waals surface area contributed by atoms with Crippen molar-refractivity contribution < 1.29 is 0 Å². The Labute approximate surface area is 133 Å². The number of anilines is 2. The van der Waals surface area contributed by atoms with Gasteiger partial charge in [-0.25, -0.2) is 9.97 Å². The van der Waals surface area contributed by atoms with Crippen molar-refractivity contribution in [1.82, 2.24) is 9.97 Å². The molecular formula is C18H28N4. The van der Waals surface area contributed by atoms with Gasteiger partial charge in [0.25, 0.3) is 0 Å². The molecule has 4 nitrogen and oxygen atoms in total. The minimum atomic E-state index is 0.618. The number of nitrogens with zero attached hydrogens (tertiary/aromatic N) is 3. The molecule has 1 N–H and O–H groups in total. The zero-order valence-corrected chi connectivity index (χ0v) is 13.9. The maximum Gasteiger partial charge on any atom is 0.137 e. The van der Waals surface area contributed by atoms with Crippen LogP contribution < -0.4 is 10.2 Å². The third-order valence-corrected chi connectivity index (χ3v) is 5.49. The fourth-order valence-electron chi connectivity index (χ4n) is 3.47. The summed E-state index contributed by atoms with van der Waals surface area (Å²) >= 11 is 0. The van der Waals surface area contributed by atoms with Gasteiger partial charge in [-0.3, -0.25) is 0 Å². The van der Waals surface area contributed by atoms with E-state index in [1.54, 1.807) is 0 Å². The molecule has 0 amide bonds. The Morgan fingerprint density at radius 1 is 1.05 bits per heavy atom. The first-order valence-electron chi connectivity index (χ1n) is 9.14. The van der Waals surface area contributed by atoms with Crippen LogP contribution >= 0.6 is 0 Å². The predicted octanol–water partition coefficient (Wildman–Crippen LogP) is 3.86. The van der Waals surface area contributed by atoms with Gasteiger partial charge in [-0.05, 0) is 51.4 Å². The molecule has 3 aliphatic rings. The first-order chi connectivity index (χ1) is 10.7. The van der Waals surface area contributed by atoms with Gasteiger partial charge in [-0.2, -0.15) is 0 Å². The topological polar surface area (TPSA) is 41.1 Å². The van der Waals surface area contributed by atoms with E-state index in [0.717, 1.165) is 30.6 Å². The Kier molecular flexibility index (Phi) is 3.71. The summed E-state index contributed by atoms with van der Waals surface area (Å²) in [7, 11) is 0. The van der Waals surface area contributed by atoms with Crippen molar-refractivity contribution in [3.05, 3.63) is 11.4 Å². The summed E-state index contributed by atoms with van der Waals surface area (Å²) in [5.41, 5.74) is 1.26. The quantitative estimate of drug-likeness (QED) is 0.896. The van der Waals surface area contributed by atoms with Crippen LogP contribution in [0.25, 0.3) is 0 Å². The Morgan fingerprint density at radius 3 is 2.36 bits per heavy atom. The van der Waals surface area contributed by atoms with E-state index in [4.69, 9.17) is 9.97 Å². The normalized spacial score (nSPS) is 22.9. The average molecular weight is 300 g/mol. The van der Waals surface area contributed by atoms with E-state index in [2.05, 4.69) is 24.1 Å². The summed E-state index contributed by atoms with van der Waals surface area (Å²) in [6.45, 7) is 6.83. The molecule has 0 unspecified atom stereocenters. The summed E-state index contributed by atoms with van der Waals surface area (Å²) in [6, 6.07) is 0.652. The summed E-state index contributed by atoms with van der Waals surface area (Å²) in [5.74, 6) is 4.92. The van der Waals surface area contributed by atoms with Gasteiger partial charge >= 0.3 is 0 Å². The second-order valence-corrected chi connectivity index (χ2v) is 7.41. The molecule has 0 radical (unpaired) electrons. The molecule has 1 saturated heterocycles. The van der Waals surface area contributed by atoms with Gasteiger partial charge in [0.05, 0.1) is 0 Å². The fraction of sp³-hybridized carbons (Fsp3) is 0.778. The molecule has 0 atom stereocenters. The van der Waals surface area contributed by atoms with Crippen molar-refractivity contribution in [2.75, 3.05) is 23.3 Å². The van der Waals surface area contributed by atoms with E-state index in [0.29, 0.717) is 12.0 Å². The van der Waals surface area contributed by atoms with Crippen LogP contribution in [-0.2, 0) is 0 Å². The number of hydrogen-bond donors (Lipinski definition) is 1. The molecule has 0 bridgehead atoms. The first-order valence-corrected chi connectivity index (χ1v) is 9.14. The summed E-state index contributed by atoms with van der Waals surface area (Å²) in [4.78, 5) is 12.3. The molecule has 2 heterocycles. The molecule has 2 aliphatic carbocycles. The van der Waals surface area contributed by atoms with Crippen LogP contribution in [0.4, 0.5) is 11.6 Å². The Morgan fingerprint density at radius 2 is 1.77 bits per heavy atom. The van der Waals surface area contributed by atoms with Crippen molar-refractivity contribution in [2.24, 2.45) is 5.92 Å². The lowest BCUT2D eigenvalue weighted by Crippen LogP contribution is -2.35. The molecule has 120 valence electrons. The van der Waals surface area contributed by atoms with Crippen LogP contribution in [0.15, 0.2) is 0 Å². The Bertz CT molecular complexity index is 540. The fourth-order valence-corrected chi connectivity index (χ4v) is 3.47. The molecule has 4 rings (SSSR count). The third kappa shape index (κ3) is 2.92. The zero-order chi connectivity index (χ0) is 15.1. The number of aromatic nitrogens is 2. The minimum Gasteiger partial charge on any atom is -0.367 e. The smallest absolute Gasteiger partial charge is 0.137 e. The number of piperidine rings is 1. The number of nitrogens with one attached hydrogen (secondary N) is 1. The van der Waals surface area contributed by atoms with E-state index in [-0.39, 0.29) is 0 Å². The molecule has 2 saturated carbocycles. The van der Waals surface area contributed by atoms with E-state index in [9.17, 15) is 0 Å². The first kappa shape index (κ1) is 14.3. The molecule has 22 heavy (non-hydrogen) atoms. The van der Waals surface area contributed by atoms with Gasteiger partial charge in [0.15, 0.2) is 0 Å². The van der Waals surface area contributed by atoms with Crippen LogP contribution in [0.2, 0.25) is 0 Å². The summed E-state index contributed by atoms with van der Waals surface area (Å²) in [6.07, 6.45) is 9.05. The van der Waals surface area contributed by atoms with Crippen LogP contribution in [0, 0.1) is 12.8 Å². The van der Waals surface area contributed by atoms with Gasteiger partial charge in [0.2, 0.25) is 0 Å². The van der Waals surface area contributed by atoms with Crippen molar-refractivity contribution in [1.29, 1.82) is 0 Å². The van der Waals surface area contributed by atoms with Crippen molar-refractivity contribution in [3.8, 4) is 0 Å². The van der Waals surface area contributed by atoms with E-state index < -0.39 is 0 Å². The van der Waals surface area contributed by atoms with Crippen LogP contribution in [0.3, 0.4) is 0 Å². The highest BCUT2D eigenvalue weighted by Gasteiger charge is 2.31.